The van der Waals surface area contributed by atoms with Gasteiger partial charge in [0.15, 0.2) is 12.6 Å². The Balaban J connectivity index is 1.67. The van der Waals surface area contributed by atoms with Crippen molar-refractivity contribution in [3.8, 4) is 0 Å². The summed E-state index contributed by atoms with van der Waals surface area (Å²) in [7, 11) is 0. The maximum Gasteiger partial charge on any atom is 0.333 e. The number of aliphatic hydroxyl groups excluding tert-OH is 10. The van der Waals surface area contributed by atoms with Gasteiger partial charge in [-0.15, -0.1) is 0 Å². The second kappa shape index (κ2) is 13.7. The van der Waals surface area contributed by atoms with Crippen molar-refractivity contribution in [1.29, 1.82) is 0 Å². The number of esters is 1. The second-order valence-electron chi connectivity index (χ2n) is 9.79. The van der Waals surface area contributed by atoms with E-state index in [4.69, 9.17) is 28.4 Å². The fourth-order valence-electron chi connectivity index (χ4n) is 4.39. The molecule has 0 aromatic heterocycles. The lowest BCUT2D eigenvalue weighted by molar-refractivity contribution is -0.388. The van der Waals surface area contributed by atoms with E-state index in [1.54, 1.807) is 6.92 Å². The van der Waals surface area contributed by atoms with Crippen LogP contribution in [-0.2, 0) is 33.2 Å². The summed E-state index contributed by atoms with van der Waals surface area (Å²) in [6, 6.07) is 0. The van der Waals surface area contributed by atoms with Crippen LogP contribution in [0.25, 0.3) is 0 Å². The van der Waals surface area contributed by atoms with Gasteiger partial charge in [-0.1, -0.05) is 6.08 Å². The molecule has 0 aromatic carbocycles. The van der Waals surface area contributed by atoms with Gasteiger partial charge >= 0.3 is 5.97 Å². The zero-order valence-corrected chi connectivity index (χ0v) is 21.7. The number of hydrogen-bond donors (Lipinski definition) is 10. The molecule has 0 amide bonds. The van der Waals surface area contributed by atoms with E-state index in [2.05, 4.69) is 0 Å². The topological polar surface area (TPSA) is 275 Å². The normalized spacial score (nSPS) is 46.4. The van der Waals surface area contributed by atoms with Gasteiger partial charge in [-0.25, -0.2) is 4.79 Å². The first-order chi connectivity index (χ1) is 18.8. The number of rotatable bonds is 10. The Morgan fingerprint density at radius 3 is 1.85 bits per heavy atom. The van der Waals surface area contributed by atoms with Gasteiger partial charge in [0.2, 0.25) is 5.79 Å². The fraction of sp³-hybridized carbons (Fsp3) is 0.870. The van der Waals surface area contributed by atoms with E-state index in [0.717, 1.165) is 0 Å². The molecule has 3 aliphatic rings. The van der Waals surface area contributed by atoms with Crippen LogP contribution in [0.4, 0.5) is 0 Å². The van der Waals surface area contributed by atoms with Gasteiger partial charge in [0.25, 0.3) is 0 Å². The predicted molar refractivity (Wildman–Crippen MR) is 125 cm³/mol. The molecule has 0 aliphatic carbocycles. The van der Waals surface area contributed by atoms with Crippen LogP contribution < -0.4 is 0 Å². The first-order valence-electron chi connectivity index (χ1n) is 12.6. The summed E-state index contributed by atoms with van der Waals surface area (Å²) in [5, 5.41) is 101. The molecule has 3 aliphatic heterocycles. The summed E-state index contributed by atoms with van der Waals surface area (Å²) in [5.41, 5.74) is 0.277. The summed E-state index contributed by atoms with van der Waals surface area (Å²) >= 11 is 0. The van der Waals surface area contributed by atoms with E-state index in [9.17, 15) is 55.9 Å². The summed E-state index contributed by atoms with van der Waals surface area (Å²) in [6.07, 6.45) is -20.8. The Bertz CT molecular complexity index is 872. The molecule has 0 spiro atoms. The van der Waals surface area contributed by atoms with E-state index < -0.39 is 118 Å². The molecule has 0 saturated carbocycles. The van der Waals surface area contributed by atoms with Crippen molar-refractivity contribution >= 4 is 5.97 Å². The van der Waals surface area contributed by atoms with Gasteiger partial charge in [0.1, 0.15) is 80.4 Å². The molecule has 3 fully saturated rings. The van der Waals surface area contributed by atoms with Crippen LogP contribution >= 0.6 is 0 Å². The molecule has 17 heteroatoms. The molecule has 0 bridgehead atoms. The summed E-state index contributed by atoms with van der Waals surface area (Å²) < 4.78 is 32.0. The van der Waals surface area contributed by atoms with Gasteiger partial charge in [-0.05, 0) is 13.8 Å². The van der Waals surface area contributed by atoms with Crippen LogP contribution in [0.3, 0.4) is 0 Å². The minimum absolute atomic E-state index is 0.277. The third kappa shape index (κ3) is 6.64. The van der Waals surface area contributed by atoms with E-state index in [1.165, 1.54) is 13.0 Å². The zero-order valence-electron chi connectivity index (χ0n) is 21.7. The van der Waals surface area contributed by atoms with Gasteiger partial charge in [0.05, 0.1) is 13.2 Å². The standard InChI is InChI=1S/C23H38O17/c1-3-8(2)20(34)35-5-10-12(26)15(29)17(31)21(37-10)36-6-11-13(27)16(30)18(32)22(38-11)40-23(7-25)19(33)14(28)9(4-24)39-23/h3,9-19,21-22,24-33H,4-7H2,1-2H3/b8-3+/t9-,10-,11+,12+,13-,14+,15-,16-,17-,18-,19+,21+,22-,23+/m0/s1. The molecule has 3 saturated heterocycles. The average molecular weight is 587 g/mol. The fourth-order valence-corrected chi connectivity index (χ4v) is 4.39. The summed E-state index contributed by atoms with van der Waals surface area (Å²) in [5.74, 6) is -3.09. The monoisotopic (exact) mass is 586 g/mol. The van der Waals surface area contributed by atoms with Gasteiger partial charge in [-0.2, -0.15) is 0 Å². The van der Waals surface area contributed by atoms with Crippen molar-refractivity contribution in [2.75, 3.05) is 26.4 Å². The number of allylic oxidation sites excluding steroid dienone is 1. The van der Waals surface area contributed by atoms with Crippen molar-refractivity contribution < 1.29 is 84.3 Å². The largest absolute Gasteiger partial charge is 0.459 e. The molecule has 232 valence electrons. The van der Waals surface area contributed by atoms with Gasteiger partial charge in [-0.3, -0.25) is 0 Å². The molecule has 14 atom stereocenters. The van der Waals surface area contributed by atoms with Crippen LogP contribution in [0.5, 0.6) is 0 Å². The molecule has 3 rings (SSSR count). The molecule has 0 aromatic rings. The lowest BCUT2D eigenvalue weighted by Gasteiger charge is -2.44. The molecular weight excluding hydrogens is 548 g/mol. The number of ether oxygens (including phenoxy) is 6. The minimum Gasteiger partial charge on any atom is -0.459 e. The maximum atomic E-state index is 11.9. The number of aliphatic hydroxyl groups is 10. The quantitative estimate of drug-likeness (QED) is 0.0842. The van der Waals surface area contributed by atoms with Gasteiger partial charge < -0.3 is 79.5 Å². The molecule has 10 N–H and O–H groups in total. The van der Waals surface area contributed by atoms with E-state index in [0.29, 0.717) is 0 Å². The molecular formula is C23H38O17. The van der Waals surface area contributed by atoms with Crippen molar-refractivity contribution in [1.82, 2.24) is 0 Å². The van der Waals surface area contributed by atoms with E-state index >= 15 is 0 Å². The Morgan fingerprint density at radius 1 is 0.775 bits per heavy atom. The first kappa shape index (κ1) is 33.1. The SMILES string of the molecule is C/C=C(\C)C(=O)OC[C@@H]1O[C@@H](OC[C@H]2O[C@@H](O[C@@]3(CO)O[C@@H](CO)[C@@H](O)[C@H]3O)[C@@H](O)[C@@H](O)[C@H]2O)[C@@H](O)[C@@H](O)[C@@H]1O. The minimum atomic E-state index is -2.38. The third-order valence-corrected chi connectivity index (χ3v) is 7.12. The van der Waals surface area contributed by atoms with Crippen molar-refractivity contribution in [2.24, 2.45) is 0 Å². The van der Waals surface area contributed by atoms with Crippen molar-refractivity contribution in [3.05, 3.63) is 11.6 Å². The van der Waals surface area contributed by atoms with Crippen molar-refractivity contribution in [2.45, 2.75) is 99.4 Å². The summed E-state index contributed by atoms with van der Waals surface area (Å²) in [4.78, 5) is 11.9. The third-order valence-electron chi connectivity index (χ3n) is 7.12. The highest BCUT2D eigenvalue weighted by molar-refractivity contribution is 5.87. The highest BCUT2D eigenvalue weighted by Gasteiger charge is 2.58. The van der Waals surface area contributed by atoms with Crippen molar-refractivity contribution in [3.63, 3.8) is 0 Å². The van der Waals surface area contributed by atoms with Crippen LogP contribution in [-0.4, -0.2) is 169 Å². The first-order valence-corrected chi connectivity index (χ1v) is 12.6. The van der Waals surface area contributed by atoms with Crippen LogP contribution in [0.1, 0.15) is 13.8 Å². The van der Waals surface area contributed by atoms with Gasteiger partial charge in [0, 0.05) is 5.57 Å². The predicted octanol–water partition coefficient (Wildman–Crippen LogP) is -6.05. The molecule has 0 radical (unpaired) electrons. The average Bonchev–Trinajstić information content (AvgIpc) is 3.20. The Hall–Kier alpha value is -1.39. The highest BCUT2D eigenvalue weighted by atomic mass is 16.8. The smallest absolute Gasteiger partial charge is 0.333 e. The number of carbonyl (C=O) groups excluding carboxylic acids is 1. The second-order valence-corrected chi connectivity index (χ2v) is 9.79. The lowest BCUT2D eigenvalue weighted by atomic mass is 9.98. The van der Waals surface area contributed by atoms with Crippen LogP contribution in [0, 0.1) is 0 Å². The molecule has 40 heavy (non-hydrogen) atoms. The van der Waals surface area contributed by atoms with Crippen LogP contribution in [0.15, 0.2) is 11.6 Å². The maximum absolute atomic E-state index is 11.9. The molecule has 3 heterocycles. The van der Waals surface area contributed by atoms with E-state index in [-0.39, 0.29) is 5.57 Å². The number of carbonyl (C=O) groups is 1. The Kier molecular flexibility index (Phi) is 11.4. The zero-order chi connectivity index (χ0) is 29.9. The lowest BCUT2D eigenvalue weighted by Crippen LogP contribution is -2.63. The van der Waals surface area contributed by atoms with Crippen LogP contribution in [0.2, 0.25) is 0 Å². The highest BCUT2D eigenvalue weighted by Crippen LogP contribution is 2.36. The molecule has 17 nitrogen and oxygen atoms in total. The Labute approximate surface area is 228 Å². The Morgan fingerprint density at radius 2 is 1.32 bits per heavy atom. The number of hydrogen-bond acceptors (Lipinski definition) is 17. The summed E-state index contributed by atoms with van der Waals surface area (Å²) in [6.45, 7) is 0.103. The molecule has 0 unspecified atom stereocenters. The van der Waals surface area contributed by atoms with E-state index in [1.807, 2.05) is 0 Å².